The summed E-state index contributed by atoms with van der Waals surface area (Å²) in [5.41, 5.74) is 0. The highest BCUT2D eigenvalue weighted by Gasteiger charge is 2.22. The summed E-state index contributed by atoms with van der Waals surface area (Å²) in [6.45, 7) is 1.77. The zero-order valence-corrected chi connectivity index (χ0v) is 8.95. The second-order valence-corrected chi connectivity index (χ2v) is 4.14. The van der Waals surface area contributed by atoms with Crippen LogP contribution < -0.4 is 0 Å². The van der Waals surface area contributed by atoms with Crippen LogP contribution in [0.15, 0.2) is 34.1 Å². The fourth-order valence-corrected chi connectivity index (χ4v) is 1.97. The number of hydrogen-bond donors (Lipinski definition) is 1. The normalized spacial score (nSPS) is 12.7. The van der Waals surface area contributed by atoms with E-state index >= 15 is 0 Å². The summed E-state index contributed by atoms with van der Waals surface area (Å²) in [7, 11) is 0. The van der Waals surface area contributed by atoms with Gasteiger partial charge in [-0.2, -0.15) is 0 Å². The minimum atomic E-state index is -1.20. The third kappa shape index (κ3) is 2.00. The maximum Gasteiger partial charge on any atom is 0.208 e. The first kappa shape index (κ1) is 10.1. The lowest BCUT2D eigenvalue weighted by Crippen LogP contribution is -2.09. The molecule has 2 aromatic rings. The molecule has 0 saturated heterocycles. The number of Topliss-reactive ketones (excluding diaryl/α,β-unsaturated/α-hetero) is 1. The van der Waals surface area contributed by atoms with Crippen molar-refractivity contribution in [1.29, 1.82) is 0 Å². The fraction of sp³-hybridized carbons (Fsp3) is 0.182. The molecule has 0 aliphatic heterocycles. The molecule has 15 heavy (non-hydrogen) atoms. The van der Waals surface area contributed by atoms with Crippen molar-refractivity contribution < 1.29 is 14.3 Å². The molecule has 0 aromatic carbocycles. The van der Waals surface area contributed by atoms with Crippen molar-refractivity contribution in [3.63, 3.8) is 0 Å². The Labute approximate surface area is 91.0 Å². The van der Waals surface area contributed by atoms with Gasteiger partial charge in [0.25, 0.3) is 0 Å². The van der Waals surface area contributed by atoms with E-state index in [2.05, 4.69) is 0 Å². The Balaban J connectivity index is 2.22. The molecule has 2 aromatic heterocycles. The highest BCUT2D eigenvalue weighted by atomic mass is 32.1. The van der Waals surface area contributed by atoms with Crippen LogP contribution >= 0.6 is 11.3 Å². The van der Waals surface area contributed by atoms with E-state index in [1.54, 1.807) is 36.6 Å². The fourth-order valence-electron chi connectivity index (χ4n) is 1.28. The van der Waals surface area contributed by atoms with Crippen LogP contribution in [0.3, 0.4) is 0 Å². The van der Waals surface area contributed by atoms with E-state index in [0.717, 1.165) is 0 Å². The predicted molar refractivity (Wildman–Crippen MR) is 57.1 cm³/mol. The van der Waals surface area contributed by atoms with Gasteiger partial charge in [0, 0.05) is 0 Å². The minimum Gasteiger partial charge on any atom is -0.463 e. The molecule has 1 atom stereocenters. The Morgan fingerprint density at radius 1 is 1.47 bits per heavy atom. The van der Waals surface area contributed by atoms with Crippen molar-refractivity contribution >= 4 is 17.1 Å². The van der Waals surface area contributed by atoms with Gasteiger partial charge in [0.1, 0.15) is 11.5 Å². The number of aliphatic hydroxyl groups is 1. The summed E-state index contributed by atoms with van der Waals surface area (Å²) < 4.78 is 5.20. The molecule has 2 heterocycles. The molecule has 0 spiro atoms. The maximum atomic E-state index is 11.7. The van der Waals surface area contributed by atoms with E-state index in [9.17, 15) is 9.90 Å². The van der Waals surface area contributed by atoms with Gasteiger partial charge in [-0.1, -0.05) is 6.07 Å². The lowest BCUT2D eigenvalue weighted by molar-refractivity contribution is 0.0706. The zero-order chi connectivity index (χ0) is 10.8. The molecule has 2 rings (SSSR count). The van der Waals surface area contributed by atoms with E-state index in [-0.39, 0.29) is 5.78 Å². The van der Waals surface area contributed by atoms with Crippen LogP contribution in [0, 0.1) is 6.92 Å². The largest absolute Gasteiger partial charge is 0.463 e. The molecular formula is C11H10O3S. The van der Waals surface area contributed by atoms with Crippen molar-refractivity contribution in [3.8, 4) is 0 Å². The second kappa shape index (κ2) is 4.00. The van der Waals surface area contributed by atoms with Gasteiger partial charge in [-0.25, -0.2) is 0 Å². The molecule has 0 bridgehead atoms. The SMILES string of the molecule is Cc1ccc(C(O)C(=O)c2cccs2)o1. The molecule has 0 aliphatic carbocycles. The summed E-state index contributed by atoms with van der Waals surface area (Å²) in [6.07, 6.45) is -1.20. The first-order chi connectivity index (χ1) is 7.18. The highest BCUT2D eigenvalue weighted by molar-refractivity contribution is 7.12. The van der Waals surface area contributed by atoms with Crippen LogP contribution in [-0.4, -0.2) is 10.9 Å². The summed E-state index contributed by atoms with van der Waals surface area (Å²) in [4.78, 5) is 12.3. The zero-order valence-electron chi connectivity index (χ0n) is 8.14. The minimum absolute atomic E-state index is 0.297. The monoisotopic (exact) mass is 222 g/mol. The average Bonchev–Trinajstić information content (AvgIpc) is 2.85. The van der Waals surface area contributed by atoms with Crippen molar-refractivity contribution in [1.82, 2.24) is 0 Å². The second-order valence-electron chi connectivity index (χ2n) is 3.19. The van der Waals surface area contributed by atoms with Gasteiger partial charge in [0.15, 0.2) is 6.10 Å². The number of ketones is 1. The number of carbonyl (C=O) groups is 1. The van der Waals surface area contributed by atoms with E-state index in [1.165, 1.54) is 11.3 Å². The topological polar surface area (TPSA) is 50.4 Å². The van der Waals surface area contributed by atoms with Crippen LogP contribution in [0.1, 0.15) is 27.3 Å². The lowest BCUT2D eigenvalue weighted by Gasteiger charge is -2.04. The van der Waals surface area contributed by atoms with E-state index < -0.39 is 6.10 Å². The summed E-state index contributed by atoms with van der Waals surface area (Å²) in [5.74, 6) is 0.660. The van der Waals surface area contributed by atoms with Crippen LogP contribution in [0.5, 0.6) is 0 Å². The Morgan fingerprint density at radius 2 is 2.27 bits per heavy atom. The van der Waals surface area contributed by atoms with E-state index in [4.69, 9.17) is 4.42 Å². The first-order valence-electron chi connectivity index (χ1n) is 4.50. The van der Waals surface area contributed by atoms with Crippen molar-refractivity contribution in [2.24, 2.45) is 0 Å². The van der Waals surface area contributed by atoms with Crippen molar-refractivity contribution in [2.45, 2.75) is 13.0 Å². The van der Waals surface area contributed by atoms with Gasteiger partial charge in [-0.3, -0.25) is 4.79 Å². The number of carbonyl (C=O) groups excluding carboxylic acids is 1. The van der Waals surface area contributed by atoms with Crippen LogP contribution in [0.4, 0.5) is 0 Å². The molecule has 1 N–H and O–H groups in total. The van der Waals surface area contributed by atoms with Crippen molar-refractivity contribution in [3.05, 3.63) is 46.0 Å². The highest BCUT2D eigenvalue weighted by Crippen LogP contribution is 2.22. The number of rotatable bonds is 3. The van der Waals surface area contributed by atoms with Crippen LogP contribution in [-0.2, 0) is 0 Å². The quantitative estimate of drug-likeness (QED) is 0.812. The standard InChI is InChI=1S/C11H10O3S/c1-7-4-5-8(14-7)10(12)11(13)9-3-2-6-15-9/h2-6,10,12H,1H3. The molecule has 3 nitrogen and oxygen atoms in total. The summed E-state index contributed by atoms with van der Waals surface area (Å²) >= 11 is 1.31. The van der Waals surface area contributed by atoms with Gasteiger partial charge in [0.05, 0.1) is 4.88 Å². The van der Waals surface area contributed by atoms with Crippen LogP contribution in [0.2, 0.25) is 0 Å². The van der Waals surface area contributed by atoms with Gasteiger partial charge in [0.2, 0.25) is 5.78 Å². The van der Waals surface area contributed by atoms with E-state index in [0.29, 0.717) is 16.4 Å². The summed E-state index contributed by atoms with van der Waals surface area (Å²) in [6, 6.07) is 6.80. The molecule has 4 heteroatoms. The molecule has 0 radical (unpaired) electrons. The van der Waals surface area contributed by atoms with Gasteiger partial charge < -0.3 is 9.52 Å². The Morgan fingerprint density at radius 3 is 2.80 bits per heavy atom. The lowest BCUT2D eigenvalue weighted by atomic mass is 10.1. The van der Waals surface area contributed by atoms with Gasteiger partial charge >= 0.3 is 0 Å². The number of thiophene rings is 1. The number of aryl methyl sites for hydroxylation is 1. The maximum absolute atomic E-state index is 11.7. The van der Waals surface area contributed by atoms with Gasteiger partial charge in [-0.15, -0.1) is 11.3 Å². The molecule has 0 amide bonds. The average molecular weight is 222 g/mol. The third-order valence-electron chi connectivity index (χ3n) is 2.04. The van der Waals surface area contributed by atoms with Crippen molar-refractivity contribution in [2.75, 3.05) is 0 Å². The Bertz CT molecular complexity index is 456. The Hall–Kier alpha value is -1.39. The predicted octanol–water partition coefficient (Wildman–Crippen LogP) is 2.57. The number of aliphatic hydroxyl groups excluding tert-OH is 1. The number of hydrogen-bond acceptors (Lipinski definition) is 4. The first-order valence-corrected chi connectivity index (χ1v) is 5.38. The third-order valence-corrected chi connectivity index (χ3v) is 2.93. The Kier molecular flexibility index (Phi) is 2.70. The molecule has 0 saturated carbocycles. The smallest absolute Gasteiger partial charge is 0.208 e. The number of furan rings is 1. The molecule has 1 unspecified atom stereocenters. The van der Waals surface area contributed by atoms with Crippen LogP contribution in [0.25, 0.3) is 0 Å². The molecular weight excluding hydrogens is 212 g/mol. The van der Waals surface area contributed by atoms with Gasteiger partial charge in [-0.05, 0) is 30.5 Å². The molecule has 78 valence electrons. The van der Waals surface area contributed by atoms with E-state index in [1.807, 2.05) is 0 Å². The summed E-state index contributed by atoms with van der Waals surface area (Å²) in [5, 5.41) is 11.5. The molecule has 0 fully saturated rings. The molecule has 0 aliphatic rings.